The van der Waals surface area contributed by atoms with Crippen molar-refractivity contribution in [2.75, 3.05) is 19.0 Å². The summed E-state index contributed by atoms with van der Waals surface area (Å²) in [5.41, 5.74) is 6.30. The summed E-state index contributed by atoms with van der Waals surface area (Å²) in [5.74, 6) is 0. The van der Waals surface area contributed by atoms with E-state index in [1.165, 1.54) is 0 Å². The minimum atomic E-state index is -0.481. The Kier molecular flexibility index (Phi) is 3.46. The Morgan fingerprint density at radius 3 is 2.52 bits per heavy atom. The van der Waals surface area contributed by atoms with Crippen molar-refractivity contribution in [2.45, 2.75) is 31.8 Å². The van der Waals surface area contributed by atoms with Gasteiger partial charge in [-0.3, -0.25) is 0 Å². The van der Waals surface area contributed by atoms with Crippen LogP contribution in [0.2, 0.25) is 0 Å². The average molecular weight is 300 g/mol. The van der Waals surface area contributed by atoms with E-state index in [4.69, 9.17) is 4.99 Å². The number of thioether (sulfide) groups is 1. The number of allylic oxidation sites excluding steroid dienone is 2. The molecule has 1 atom stereocenters. The SMILES string of the molecule is CC1=C(C)C(O)C(C)=C2Sc3cc(N(C)C)ccc3N=C12. The van der Waals surface area contributed by atoms with Gasteiger partial charge in [0.15, 0.2) is 0 Å². The van der Waals surface area contributed by atoms with Crippen molar-refractivity contribution < 1.29 is 5.11 Å². The van der Waals surface area contributed by atoms with Crippen LogP contribution >= 0.6 is 11.8 Å². The molecule has 2 aliphatic rings. The van der Waals surface area contributed by atoms with E-state index >= 15 is 0 Å². The highest BCUT2D eigenvalue weighted by atomic mass is 32.2. The predicted octanol–water partition coefficient (Wildman–Crippen LogP) is 3.92. The third-order valence-corrected chi connectivity index (χ3v) is 5.51. The highest BCUT2D eigenvalue weighted by Gasteiger charge is 2.30. The molecule has 0 radical (unpaired) electrons. The van der Waals surface area contributed by atoms with Crippen LogP contribution in [0.25, 0.3) is 0 Å². The van der Waals surface area contributed by atoms with Crippen LogP contribution in [0.4, 0.5) is 11.4 Å². The molecule has 1 N–H and O–H groups in total. The second-order valence-corrected chi connectivity index (χ2v) is 6.88. The normalized spacial score (nSPS) is 21.0. The molecular formula is C17H20N2OS. The first-order chi connectivity index (χ1) is 9.90. The summed E-state index contributed by atoms with van der Waals surface area (Å²) in [6, 6.07) is 6.33. The lowest BCUT2D eigenvalue weighted by Crippen LogP contribution is -2.24. The molecule has 110 valence electrons. The molecule has 0 bridgehead atoms. The van der Waals surface area contributed by atoms with E-state index < -0.39 is 6.10 Å². The molecule has 1 aromatic rings. The molecule has 0 saturated carbocycles. The van der Waals surface area contributed by atoms with Crippen molar-refractivity contribution in [3.63, 3.8) is 0 Å². The smallest absolute Gasteiger partial charge is 0.0976 e. The van der Waals surface area contributed by atoms with Crippen LogP contribution in [0.1, 0.15) is 20.8 Å². The van der Waals surface area contributed by atoms with E-state index in [0.29, 0.717) is 0 Å². The molecule has 4 heteroatoms. The first kappa shape index (κ1) is 14.4. The van der Waals surface area contributed by atoms with Crippen LogP contribution in [0.15, 0.2) is 49.7 Å². The van der Waals surface area contributed by atoms with Crippen molar-refractivity contribution in [1.82, 2.24) is 0 Å². The van der Waals surface area contributed by atoms with Crippen LogP contribution in [0.5, 0.6) is 0 Å². The van der Waals surface area contributed by atoms with Gasteiger partial charge >= 0.3 is 0 Å². The van der Waals surface area contributed by atoms with Gasteiger partial charge in [-0.2, -0.15) is 0 Å². The fourth-order valence-electron chi connectivity index (χ4n) is 2.65. The maximum atomic E-state index is 10.4. The summed E-state index contributed by atoms with van der Waals surface area (Å²) in [5, 5.41) is 10.4. The van der Waals surface area contributed by atoms with Crippen LogP contribution in [0.3, 0.4) is 0 Å². The molecule has 0 saturated heterocycles. The Morgan fingerprint density at radius 1 is 1.14 bits per heavy atom. The van der Waals surface area contributed by atoms with Crippen LogP contribution < -0.4 is 4.90 Å². The van der Waals surface area contributed by atoms with Gasteiger partial charge in [0.1, 0.15) is 0 Å². The van der Waals surface area contributed by atoms with E-state index in [1.54, 1.807) is 11.8 Å². The Balaban J connectivity index is 2.17. The molecule has 0 amide bonds. The quantitative estimate of drug-likeness (QED) is 0.854. The number of nitrogens with zero attached hydrogens (tertiary/aromatic N) is 2. The average Bonchev–Trinajstić information content (AvgIpc) is 2.48. The third kappa shape index (κ3) is 2.23. The van der Waals surface area contributed by atoms with E-state index in [-0.39, 0.29) is 0 Å². The Labute approximate surface area is 130 Å². The number of aliphatic imine (C=N–C) groups is 1. The lowest BCUT2D eigenvalue weighted by molar-refractivity contribution is 0.245. The zero-order chi connectivity index (χ0) is 15.3. The lowest BCUT2D eigenvalue weighted by atomic mass is 9.90. The Morgan fingerprint density at radius 2 is 1.86 bits per heavy atom. The molecule has 0 aromatic heterocycles. The summed E-state index contributed by atoms with van der Waals surface area (Å²) in [6.07, 6.45) is -0.481. The van der Waals surface area contributed by atoms with Gasteiger partial charge in [-0.05, 0) is 55.7 Å². The zero-order valence-electron chi connectivity index (χ0n) is 13.1. The Hall–Kier alpha value is -1.52. The van der Waals surface area contributed by atoms with Gasteiger partial charge in [-0.1, -0.05) is 11.8 Å². The van der Waals surface area contributed by atoms with Gasteiger partial charge < -0.3 is 10.0 Å². The van der Waals surface area contributed by atoms with E-state index in [1.807, 2.05) is 34.9 Å². The number of benzene rings is 1. The maximum absolute atomic E-state index is 10.4. The fraction of sp³-hybridized carbons (Fsp3) is 0.353. The molecule has 1 heterocycles. The van der Waals surface area contributed by atoms with Gasteiger partial charge in [0, 0.05) is 29.6 Å². The van der Waals surface area contributed by atoms with Gasteiger partial charge in [0.25, 0.3) is 0 Å². The third-order valence-electron chi connectivity index (χ3n) is 4.24. The second kappa shape index (κ2) is 5.04. The summed E-state index contributed by atoms with van der Waals surface area (Å²) < 4.78 is 0. The highest BCUT2D eigenvalue weighted by Crippen LogP contribution is 2.47. The van der Waals surface area contributed by atoms with Crippen LogP contribution in [0, 0.1) is 0 Å². The van der Waals surface area contributed by atoms with E-state index in [0.717, 1.165) is 43.6 Å². The molecule has 0 spiro atoms. The van der Waals surface area contributed by atoms with Gasteiger partial charge in [-0.15, -0.1) is 0 Å². The number of rotatable bonds is 1. The number of hydrogen-bond donors (Lipinski definition) is 1. The second-order valence-electron chi connectivity index (χ2n) is 5.83. The highest BCUT2D eigenvalue weighted by molar-refractivity contribution is 8.04. The summed E-state index contributed by atoms with van der Waals surface area (Å²) in [6.45, 7) is 6.03. The minimum Gasteiger partial charge on any atom is -0.384 e. The molecular weight excluding hydrogens is 280 g/mol. The lowest BCUT2D eigenvalue weighted by Gasteiger charge is -2.30. The first-order valence-corrected chi connectivity index (χ1v) is 7.86. The van der Waals surface area contributed by atoms with Gasteiger partial charge in [0.05, 0.1) is 17.5 Å². The first-order valence-electron chi connectivity index (χ1n) is 7.05. The maximum Gasteiger partial charge on any atom is 0.0976 e. The topological polar surface area (TPSA) is 35.8 Å². The van der Waals surface area contributed by atoms with E-state index in [2.05, 4.69) is 23.1 Å². The van der Waals surface area contributed by atoms with Crippen molar-refractivity contribution in [2.24, 2.45) is 4.99 Å². The van der Waals surface area contributed by atoms with Crippen molar-refractivity contribution in [3.05, 3.63) is 39.8 Å². The van der Waals surface area contributed by atoms with Crippen molar-refractivity contribution in [1.29, 1.82) is 0 Å². The van der Waals surface area contributed by atoms with E-state index in [9.17, 15) is 5.11 Å². The molecule has 3 nitrogen and oxygen atoms in total. The summed E-state index contributed by atoms with van der Waals surface area (Å²) in [4.78, 5) is 9.18. The minimum absolute atomic E-state index is 0.481. The van der Waals surface area contributed by atoms with Crippen molar-refractivity contribution in [3.8, 4) is 0 Å². The molecule has 1 unspecified atom stereocenters. The van der Waals surface area contributed by atoms with Crippen LogP contribution in [-0.2, 0) is 0 Å². The molecule has 1 aromatic carbocycles. The molecule has 1 aliphatic heterocycles. The van der Waals surface area contributed by atoms with Crippen molar-refractivity contribution >= 4 is 28.8 Å². The van der Waals surface area contributed by atoms with Gasteiger partial charge in [0.2, 0.25) is 0 Å². The Bertz CT molecular complexity index is 714. The monoisotopic (exact) mass is 300 g/mol. The predicted molar refractivity (Wildman–Crippen MR) is 90.8 cm³/mol. The summed E-state index contributed by atoms with van der Waals surface area (Å²) >= 11 is 1.72. The number of anilines is 1. The van der Waals surface area contributed by atoms with Gasteiger partial charge in [-0.25, -0.2) is 4.99 Å². The zero-order valence-corrected chi connectivity index (χ0v) is 13.9. The molecule has 0 fully saturated rings. The number of hydrogen-bond acceptors (Lipinski definition) is 4. The molecule has 21 heavy (non-hydrogen) atoms. The number of fused-ring (bicyclic) bond motifs is 2. The fourth-order valence-corrected chi connectivity index (χ4v) is 3.83. The van der Waals surface area contributed by atoms with Crippen LogP contribution in [-0.4, -0.2) is 31.0 Å². The largest absolute Gasteiger partial charge is 0.384 e. The number of aliphatic hydroxyl groups is 1. The molecule has 3 rings (SSSR count). The molecule has 1 aliphatic carbocycles. The summed E-state index contributed by atoms with van der Waals surface area (Å²) in [7, 11) is 4.07. The standard InChI is InChI=1S/C17H20N2OS/c1-9-10(2)16(20)11(3)17-15(9)18-13-7-6-12(19(4)5)8-14(13)21-17/h6-8,16,20H,1-5H3. The number of aliphatic hydroxyl groups excluding tert-OH is 1.